The number of aromatic nitrogens is 1. The molecular formula is C10H14ClN3O2. The molecule has 0 saturated carbocycles. The SMILES string of the molecule is CC(C)(C)OC(=O)NNc1cc(Cl)ccn1. The van der Waals surface area contributed by atoms with E-state index in [2.05, 4.69) is 15.8 Å². The molecule has 0 unspecified atom stereocenters. The number of hydrazine groups is 1. The lowest BCUT2D eigenvalue weighted by Gasteiger charge is -2.19. The Hall–Kier alpha value is -1.49. The van der Waals surface area contributed by atoms with Crippen LogP contribution in [0, 0.1) is 0 Å². The highest BCUT2D eigenvalue weighted by Gasteiger charge is 2.15. The highest BCUT2D eigenvalue weighted by molar-refractivity contribution is 6.30. The second kappa shape index (κ2) is 5.03. The van der Waals surface area contributed by atoms with Crippen molar-refractivity contribution in [2.24, 2.45) is 0 Å². The summed E-state index contributed by atoms with van der Waals surface area (Å²) in [5.41, 5.74) is 4.40. The number of nitrogens with zero attached hydrogens (tertiary/aromatic N) is 1. The molecule has 1 heterocycles. The van der Waals surface area contributed by atoms with Crippen molar-refractivity contribution in [3.63, 3.8) is 0 Å². The van der Waals surface area contributed by atoms with Gasteiger partial charge in [-0.2, -0.15) is 0 Å². The van der Waals surface area contributed by atoms with E-state index in [1.165, 1.54) is 6.20 Å². The van der Waals surface area contributed by atoms with Crippen LogP contribution in [0.5, 0.6) is 0 Å². The maximum atomic E-state index is 11.3. The van der Waals surface area contributed by atoms with Crippen LogP contribution in [0.2, 0.25) is 5.02 Å². The number of halogens is 1. The molecule has 0 spiro atoms. The zero-order valence-electron chi connectivity index (χ0n) is 9.37. The van der Waals surface area contributed by atoms with Gasteiger partial charge in [-0.15, -0.1) is 0 Å². The highest BCUT2D eigenvalue weighted by atomic mass is 35.5. The van der Waals surface area contributed by atoms with Gasteiger partial charge in [0.15, 0.2) is 0 Å². The van der Waals surface area contributed by atoms with Gasteiger partial charge in [-0.1, -0.05) is 11.6 Å². The van der Waals surface area contributed by atoms with E-state index >= 15 is 0 Å². The summed E-state index contributed by atoms with van der Waals surface area (Å²) in [5.74, 6) is 0.443. The molecule has 5 nitrogen and oxygen atoms in total. The van der Waals surface area contributed by atoms with Gasteiger partial charge in [-0.25, -0.2) is 15.2 Å². The molecule has 1 amide bonds. The number of anilines is 1. The van der Waals surface area contributed by atoms with E-state index in [9.17, 15) is 4.79 Å². The van der Waals surface area contributed by atoms with Crippen LogP contribution in [0.3, 0.4) is 0 Å². The summed E-state index contributed by atoms with van der Waals surface area (Å²) in [6, 6.07) is 3.22. The normalized spacial score (nSPS) is 10.8. The molecule has 88 valence electrons. The van der Waals surface area contributed by atoms with Crippen LogP contribution in [0.4, 0.5) is 10.6 Å². The van der Waals surface area contributed by atoms with Crippen LogP contribution in [-0.2, 0) is 4.74 Å². The number of amides is 1. The lowest BCUT2D eigenvalue weighted by Crippen LogP contribution is -2.36. The Morgan fingerprint density at radius 3 is 2.75 bits per heavy atom. The number of pyridine rings is 1. The van der Waals surface area contributed by atoms with Gasteiger partial charge < -0.3 is 4.74 Å². The Kier molecular flexibility index (Phi) is 3.95. The van der Waals surface area contributed by atoms with Gasteiger partial charge in [0, 0.05) is 17.3 Å². The predicted molar refractivity (Wildman–Crippen MR) is 62.2 cm³/mol. The average Bonchev–Trinajstić information content (AvgIpc) is 2.12. The predicted octanol–water partition coefficient (Wildman–Crippen LogP) is 2.59. The summed E-state index contributed by atoms with van der Waals surface area (Å²) >= 11 is 5.74. The van der Waals surface area contributed by atoms with Gasteiger partial charge in [0.05, 0.1) is 0 Å². The van der Waals surface area contributed by atoms with Gasteiger partial charge in [0.2, 0.25) is 0 Å². The lowest BCUT2D eigenvalue weighted by molar-refractivity contribution is 0.0541. The van der Waals surface area contributed by atoms with E-state index in [0.29, 0.717) is 10.8 Å². The van der Waals surface area contributed by atoms with Gasteiger partial charge >= 0.3 is 6.09 Å². The van der Waals surface area contributed by atoms with Crippen molar-refractivity contribution >= 4 is 23.5 Å². The molecular weight excluding hydrogens is 230 g/mol. The van der Waals surface area contributed by atoms with Crippen molar-refractivity contribution in [2.75, 3.05) is 5.43 Å². The van der Waals surface area contributed by atoms with Crippen molar-refractivity contribution in [2.45, 2.75) is 26.4 Å². The molecule has 1 rings (SSSR count). The number of ether oxygens (including phenoxy) is 1. The van der Waals surface area contributed by atoms with Crippen LogP contribution in [0.1, 0.15) is 20.8 Å². The first-order valence-corrected chi connectivity index (χ1v) is 5.11. The fraction of sp³-hybridized carbons (Fsp3) is 0.400. The molecule has 0 atom stereocenters. The molecule has 16 heavy (non-hydrogen) atoms. The van der Waals surface area contributed by atoms with E-state index in [1.807, 2.05) is 0 Å². The molecule has 0 fully saturated rings. The van der Waals surface area contributed by atoms with Crippen molar-refractivity contribution in [1.29, 1.82) is 0 Å². The maximum Gasteiger partial charge on any atom is 0.426 e. The molecule has 0 bridgehead atoms. The quantitative estimate of drug-likeness (QED) is 0.784. The molecule has 1 aromatic rings. The second-order valence-corrected chi connectivity index (χ2v) is 4.55. The zero-order chi connectivity index (χ0) is 12.2. The van der Waals surface area contributed by atoms with E-state index in [4.69, 9.17) is 16.3 Å². The van der Waals surface area contributed by atoms with Crippen LogP contribution in [0.15, 0.2) is 18.3 Å². The fourth-order valence-corrected chi connectivity index (χ4v) is 1.05. The summed E-state index contributed by atoms with van der Waals surface area (Å²) in [7, 11) is 0. The average molecular weight is 244 g/mol. The first kappa shape index (κ1) is 12.6. The molecule has 0 aromatic carbocycles. The van der Waals surface area contributed by atoms with E-state index < -0.39 is 11.7 Å². The number of carbonyl (C=O) groups excluding carboxylic acids is 1. The topological polar surface area (TPSA) is 63.2 Å². The first-order valence-electron chi connectivity index (χ1n) is 4.73. The molecule has 0 saturated heterocycles. The Bertz CT molecular complexity index is 377. The van der Waals surface area contributed by atoms with Gasteiger partial charge in [-0.3, -0.25) is 5.43 Å². The van der Waals surface area contributed by atoms with E-state index in [-0.39, 0.29) is 0 Å². The molecule has 1 aromatic heterocycles. The maximum absolute atomic E-state index is 11.3. The van der Waals surface area contributed by atoms with Crippen LogP contribution < -0.4 is 10.9 Å². The third kappa shape index (κ3) is 4.84. The first-order chi connectivity index (χ1) is 7.37. The van der Waals surface area contributed by atoms with E-state index in [1.54, 1.807) is 32.9 Å². The molecule has 0 aliphatic heterocycles. The number of carbonyl (C=O) groups is 1. The van der Waals surface area contributed by atoms with Gasteiger partial charge in [0.25, 0.3) is 0 Å². The zero-order valence-corrected chi connectivity index (χ0v) is 10.1. The summed E-state index contributed by atoms with van der Waals surface area (Å²) in [5, 5.41) is 0.531. The molecule has 2 N–H and O–H groups in total. The number of rotatable bonds is 2. The summed E-state index contributed by atoms with van der Waals surface area (Å²) in [4.78, 5) is 15.2. The van der Waals surface area contributed by atoms with Gasteiger partial charge in [0.1, 0.15) is 11.4 Å². The number of hydrogen-bond donors (Lipinski definition) is 2. The van der Waals surface area contributed by atoms with Crippen molar-refractivity contribution in [3.8, 4) is 0 Å². The summed E-state index contributed by atoms with van der Waals surface area (Å²) in [6.45, 7) is 5.35. The molecule has 6 heteroatoms. The molecule has 0 aliphatic rings. The van der Waals surface area contributed by atoms with Crippen molar-refractivity contribution < 1.29 is 9.53 Å². The Labute approximate surface area is 99.1 Å². The standard InChI is InChI=1S/C10H14ClN3O2/c1-10(2,3)16-9(15)14-13-8-6-7(11)4-5-12-8/h4-6H,1-3H3,(H,12,13)(H,14,15). The van der Waals surface area contributed by atoms with Crippen LogP contribution in [-0.4, -0.2) is 16.7 Å². The minimum absolute atomic E-state index is 0.443. The highest BCUT2D eigenvalue weighted by Crippen LogP contribution is 2.11. The van der Waals surface area contributed by atoms with Crippen molar-refractivity contribution in [1.82, 2.24) is 10.4 Å². The molecule has 0 aliphatic carbocycles. The third-order valence-corrected chi connectivity index (χ3v) is 1.65. The molecule has 0 radical (unpaired) electrons. The van der Waals surface area contributed by atoms with Gasteiger partial charge in [-0.05, 0) is 26.8 Å². The Balaban J connectivity index is 2.43. The minimum Gasteiger partial charge on any atom is -0.443 e. The summed E-state index contributed by atoms with van der Waals surface area (Å²) in [6.07, 6.45) is 0.954. The number of nitrogens with one attached hydrogen (secondary N) is 2. The van der Waals surface area contributed by atoms with Crippen molar-refractivity contribution in [3.05, 3.63) is 23.4 Å². The minimum atomic E-state index is -0.575. The fourth-order valence-electron chi connectivity index (χ4n) is 0.892. The smallest absolute Gasteiger partial charge is 0.426 e. The Morgan fingerprint density at radius 2 is 2.19 bits per heavy atom. The summed E-state index contributed by atoms with van der Waals surface area (Å²) < 4.78 is 5.02. The monoisotopic (exact) mass is 243 g/mol. The second-order valence-electron chi connectivity index (χ2n) is 4.11. The van der Waals surface area contributed by atoms with Crippen LogP contribution in [0.25, 0.3) is 0 Å². The van der Waals surface area contributed by atoms with Crippen LogP contribution >= 0.6 is 11.6 Å². The Morgan fingerprint density at radius 1 is 1.50 bits per heavy atom. The number of hydrogen-bond acceptors (Lipinski definition) is 4. The lowest BCUT2D eigenvalue weighted by atomic mass is 10.2. The largest absolute Gasteiger partial charge is 0.443 e. The van der Waals surface area contributed by atoms with E-state index in [0.717, 1.165) is 0 Å². The third-order valence-electron chi connectivity index (χ3n) is 1.41.